The fourth-order valence-electron chi connectivity index (χ4n) is 3.10. The van der Waals surface area contributed by atoms with Crippen molar-refractivity contribution in [2.24, 2.45) is 0 Å². The summed E-state index contributed by atoms with van der Waals surface area (Å²) in [6.45, 7) is 1.23. The summed E-state index contributed by atoms with van der Waals surface area (Å²) in [6.07, 6.45) is 0.837. The van der Waals surface area contributed by atoms with Crippen LogP contribution in [-0.4, -0.2) is 27.5 Å². The van der Waals surface area contributed by atoms with E-state index in [9.17, 15) is 9.59 Å². The monoisotopic (exact) mass is 305 g/mol. The number of carbonyl (C=O) groups excluding carboxylic acids is 1. The van der Waals surface area contributed by atoms with E-state index in [-0.39, 0.29) is 11.5 Å². The maximum Gasteiger partial charge on any atom is 0.275 e. The van der Waals surface area contributed by atoms with Crippen LogP contribution in [0.3, 0.4) is 0 Å². The molecule has 4 rings (SSSR count). The lowest BCUT2D eigenvalue weighted by atomic mass is 9.99. The highest BCUT2D eigenvalue weighted by Gasteiger charge is 2.24. The molecule has 0 saturated heterocycles. The standard InChI is InChI=1S/C18H15N3O2/c22-17-15-8-4-3-7-14(15)16(19-20-17)18(23)21-10-9-12-5-1-2-6-13(12)11-21/h1-8H,9-11H2,(H,20,22). The summed E-state index contributed by atoms with van der Waals surface area (Å²) < 4.78 is 0. The average molecular weight is 305 g/mol. The quantitative estimate of drug-likeness (QED) is 0.749. The molecule has 0 fully saturated rings. The van der Waals surface area contributed by atoms with Gasteiger partial charge in [0.25, 0.3) is 11.5 Å². The van der Waals surface area contributed by atoms with Gasteiger partial charge in [0, 0.05) is 18.5 Å². The molecule has 2 aromatic carbocycles. The number of fused-ring (bicyclic) bond motifs is 2. The summed E-state index contributed by atoms with van der Waals surface area (Å²) in [6, 6.07) is 15.2. The van der Waals surface area contributed by atoms with Crippen LogP contribution in [-0.2, 0) is 13.0 Å². The number of carbonyl (C=O) groups is 1. The fraction of sp³-hybridized carbons (Fsp3) is 0.167. The van der Waals surface area contributed by atoms with E-state index in [2.05, 4.69) is 16.3 Å². The zero-order valence-electron chi connectivity index (χ0n) is 12.5. The van der Waals surface area contributed by atoms with Gasteiger partial charge in [0.15, 0.2) is 5.69 Å². The molecule has 1 aliphatic rings. The van der Waals surface area contributed by atoms with Crippen LogP contribution >= 0.6 is 0 Å². The number of nitrogens with zero attached hydrogens (tertiary/aromatic N) is 2. The van der Waals surface area contributed by atoms with Gasteiger partial charge in [-0.2, -0.15) is 5.10 Å². The van der Waals surface area contributed by atoms with Crippen LogP contribution in [0.25, 0.3) is 10.8 Å². The number of hydrogen-bond acceptors (Lipinski definition) is 3. The third-order valence-electron chi connectivity index (χ3n) is 4.32. The van der Waals surface area contributed by atoms with E-state index in [1.807, 2.05) is 24.3 Å². The molecule has 0 spiro atoms. The Hall–Kier alpha value is -2.95. The predicted octanol–water partition coefficient (Wildman–Crippen LogP) is 2.12. The Morgan fingerprint density at radius 2 is 1.70 bits per heavy atom. The highest BCUT2D eigenvalue weighted by atomic mass is 16.2. The number of H-pyrrole nitrogens is 1. The second-order valence-electron chi connectivity index (χ2n) is 5.69. The van der Waals surface area contributed by atoms with Gasteiger partial charge < -0.3 is 4.90 Å². The van der Waals surface area contributed by atoms with Crippen molar-refractivity contribution in [1.82, 2.24) is 15.1 Å². The van der Waals surface area contributed by atoms with Gasteiger partial charge in [-0.3, -0.25) is 9.59 Å². The number of amides is 1. The molecule has 1 N–H and O–H groups in total. The second kappa shape index (κ2) is 5.35. The second-order valence-corrected chi connectivity index (χ2v) is 5.69. The van der Waals surface area contributed by atoms with Gasteiger partial charge in [0.05, 0.1) is 5.39 Å². The van der Waals surface area contributed by atoms with Gasteiger partial charge in [-0.1, -0.05) is 42.5 Å². The number of aromatic amines is 1. The summed E-state index contributed by atoms with van der Waals surface area (Å²) >= 11 is 0. The van der Waals surface area contributed by atoms with Crippen LogP contribution in [0.5, 0.6) is 0 Å². The van der Waals surface area contributed by atoms with Crippen molar-refractivity contribution in [3.63, 3.8) is 0 Å². The molecule has 0 saturated carbocycles. The fourth-order valence-corrected chi connectivity index (χ4v) is 3.10. The van der Waals surface area contributed by atoms with Crippen molar-refractivity contribution in [3.05, 3.63) is 75.7 Å². The van der Waals surface area contributed by atoms with Gasteiger partial charge >= 0.3 is 0 Å². The first-order valence-corrected chi connectivity index (χ1v) is 7.57. The van der Waals surface area contributed by atoms with E-state index in [1.165, 1.54) is 11.1 Å². The molecule has 0 atom stereocenters. The van der Waals surface area contributed by atoms with Gasteiger partial charge in [0.2, 0.25) is 0 Å². The first kappa shape index (κ1) is 13.7. The first-order valence-electron chi connectivity index (χ1n) is 7.57. The third-order valence-corrected chi connectivity index (χ3v) is 4.32. The maximum absolute atomic E-state index is 12.9. The van der Waals surface area contributed by atoms with Crippen molar-refractivity contribution in [2.75, 3.05) is 6.54 Å². The van der Waals surface area contributed by atoms with E-state index >= 15 is 0 Å². The SMILES string of the molecule is O=C(c1n[nH]c(=O)c2ccccc12)N1CCc2ccccc2C1. The minimum atomic E-state index is -0.277. The molecule has 5 nitrogen and oxygen atoms in total. The molecule has 0 aliphatic carbocycles. The van der Waals surface area contributed by atoms with E-state index < -0.39 is 0 Å². The molecule has 23 heavy (non-hydrogen) atoms. The molecule has 3 aromatic rings. The molecule has 2 heterocycles. The number of rotatable bonds is 1. The molecule has 0 bridgehead atoms. The normalized spacial score (nSPS) is 13.8. The molecule has 5 heteroatoms. The Morgan fingerprint density at radius 1 is 1.00 bits per heavy atom. The van der Waals surface area contributed by atoms with Crippen LogP contribution in [0.2, 0.25) is 0 Å². The zero-order valence-corrected chi connectivity index (χ0v) is 12.5. The van der Waals surface area contributed by atoms with Crippen molar-refractivity contribution >= 4 is 16.7 Å². The summed E-state index contributed by atoms with van der Waals surface area (Å²) in [7, 11) is 0. The highest BCUT2D eigenvalue weighted by Crippen LogP contribution is 2.21. The highest BCUT2D eigenvalue weighted by molar-refractivity contribution is 6.04. The number of benzene rings is 2. The van der Waals surface area contributed by atoms with E-state index in [4.69, 9.17) is 0 Å². The first-order chi connectivity index (χ1) is 11.2. The average Bonchev–Trinajstić information content (AvgIpc) is 2.61. The Labute approximate surface area is 132 Å². The maximum atomic E-state index is 12.9. The van der Waals surface area contributed by atoms with E-state index in [0.717, 1.165) is 6.42 Å². The van der Waals surface area contributed by atoms with E-state index in [1.54, 1.807) is 23.1 Å². The van der Waals surface area contributed by atoms with E-state index in [0.29, 0.717) is 29.6 Å². The van der Waals surface area contributed by atoms with Crippen LogP contribution < -0.4 is 5.56 Å². The lowest BCUT2D eigenvalue weighted by Gasteiger charge is -2.28. The minimum absolute atomic E-state index is 0.146. The van der Waals surface area contributed by atoms with Crippen LogP contribution in [0.1, 0.15) is 21.6 Å². The molecule has 1 amide bonds. The van der Waals surface area contributed by atoms with Crippen LogP contribution in [0, 0.1) is 0 Å². The lowest BCUT2D eigenvalue weighted by Crippen LogP contribution is -2.37. The number of aromatic nitrogens is 2. The molecule has 1 aromatic heterocycles. The number of nitrogens with one attached hydrogen (secondary N) is 1. The van der Waals surface area contributed by atoms with Crippen LogP contribution in [0.15, 0.2) is 53.3 Å². The zero-order chi connectivity index (χ0) is 15.8. The molecular weight excluding hydrogens is 290 g/mol. The molecule has 0 unspecified atom stereocenters. The topological polar surface area (TPSA) is 66.1 Å². The molecule has 0 radical (unpaired) electrons. The van der Waals surface area contributed by atoms with Gasteiger partial charge in [-0.15, -0.1) is 0 Å². The Morgan fingerprint density at radius 3 is 2.52 bits per heavy atom. The Kier molecular flexibility index (Phi) is 3.19. The van der Waals surface area contributed by atoms with Gasteiger partial charge in [-0.25, -0.2) is 5.10 Å². The third kappa shape index (κ3) is 2.30. The smallest absolute Gasteiger partial charge is 0.275 e. The lowest BCUT2D eigenvalue weighted by molar-refractivity contribution is 0.0729. The minimum Gasteiger partial charge on any atom is -0.333 e. The van der Waals surface area contributed by atoms with Crippen molar-refractivity contribution < 1.29 is 4.79 Å². The van der Waals surface area contributed by atoms with Gasteiger partial charge in [0.1, 0.15) is 0 Å². The molecular formula is C18H15N3O2. The van der Waals surface area contributed by atoms with Crippen molar-refractivity contribution in [3.8, 4) is 0 Å². The number of hydrogen-bond donors (Lipinski definition) is 1. The van der Waals surface area contributed by atoms with Crippen molar-refractivity contribution in [1.29, 1.82) is 0 Å². The van der Waals surface area contributed by atoms with Crippen molar-refractivity contribution in [2.45, 2.75) is 13.0 Å². The largest absolute Gasteiger partial charge is 0.333 e. The summed E-state index contributed by atoms with van der Waals surface area (Å²) in [5.74, 6) is -0.146. The van der Waals surface area contributed by atoms with Gasteiger partial charge in [-0.05, 0) is 23.6 Å². The Balaban J connectivity index is 1.74. The predicted molar refractivity (Wildman–Crippen MR) is 87.3 cm³/mol. The molecule has 114 valence electrons. The van der Waals surface area contributed by atoms with Crippen LogP contribution in [0.4, 0.5) is 0 Å². The Bertz CT molecular complexity index is 962. The summed E-state index contributed by atoms with van der Waals surface area (Å²) in [5, 5.41) is 7.52. The summed E-state index contributed by atoms with van der Waals surface area (Å²) in [4.78, 5) is 26.5. The summed E-state index contributed by atoms with van der Waals surface area (Å²) in [5.41, 5.74) is 2.48. The molecule has 1 aliphatic heterocycles.